The maximum absolute atomic E-state index is 11.5. The van der Waals surface area contributed by atoms with Gasteiger partial charge in [-0.05, 0) is 0 Å². The van der Waals surface area contributed by atoms with E-state index in [1.165, 1.54) is 0 Å². The zero-order valence-corrected chi connectivity index (χ0v) is 13.2. The number of hydrogen-bond acceptors (Lipinski definition) is 8. The van der Waals surface area contributed by atoms with E-state index in [1.54, 1.807) is 0 Å². The fourth-order valence-corrected chi connectivity index (χ4v) is 4.74. The maximum Gasteiger partial charge on any atom is 0.573 e. The topological polar surface area (TPSA) is 116 Å². The van der Waals surface area contributed by atoms with Crippen LogP contribution in [0.1, 0.15) is 0 Å². The second-order valence-corrected chi connectivity index (χ2v) is 9.64. The van der Waals surface area contributed by atoms with Gasteiger partial charge in [0.15, 0.2) is 31.9 Å². The summed E-state index contributed by atoms with van der Waals surface area (Å²) in [5, 5.41) is 1.44. The molecule has 1 N–H and O–H groups in total. The first-order valence-electron chi connectivity index (χ1n) is 5.31. The van der Waals surface area contributed by atoms with Gasteiger partial charge in [0.05, 0.1) is 18.6 Å². The molecule has 116 valence electrons. The van der Waals surface area contributed by atoms with Crippen molar-refractivity contribution in [1.82, 2.24) is 0 Å². The standard InChI is InChI=1S/C9H16O8PS2/c1-4-19(11,12)6-8-9(7-20(13,14)5-2)17-18(10,15-3)16-8/h4-5,8-10H,1-2,6-7H2,3H3/q+1. The van der Waals surface area contributed by atoms with Crippen LogP contribution in [0.3, 0.4) is 0 Å². The number of hydrogen-bond donors (Lipinski definition) is 1. The van der Waals surface area contributed by atoms with Crippen molar-refractivity contribution in [2.24, 2.45) is 0 Å². The largest absolute Gasteiger partial charge is 0.573 e. The predicted octanol–water partition coefficient (Wildman–Crippen LogP) is 0.203. The molecule has 1 heterocycles. The molecule has 0 spiro atoms. The molecule has 0 aromatic carbocycles. The first-order valence-corrected chi connectivity index (χ1v) is 10.2. The lowest BCUT2D eigenvalue weighted by Gasteiger charge is -2.09. The molecule has 0 aromatic heterocycles. The Morgan fingerprint density at radius 2 is 1.45 bits per heavy atom. The molecule has 1 fully saturated rings. The molecule has 0 aliphatic carbocycles. The highest BCUT2D eigenvalue weighted by Gasteiger charge is 2.60. The molecule has 1 aliphatic rings. The lowest BCUT2D eigenvalue weighted by molar-refractivity contribution is 0.170. The zero-order chi connectivity index (χ0) is 15.6. The summed E-state index contributed by atoms with van der Waals surface area (Å²) < 4.78 is 60.7. The Labute approximate surface area is 118 Å². The second-order valence-electron chi connectivity index (χ2n) is 3.93. The van der Waals surface area contributed by atoms with Crippen molar-refractivity contribution in [3.8, 4) is 0 Å². The average molecular weight is 347 g/mol. The summed E-state index contributed by atoms with van der Waals surface area (Å²) in [6, 6.07) is 0. The molecule has 1 rings (SSSR count). The molecular weight excluding hydrogens is 331 g/mol. The Bertz CT molecular complexity index is 533. The van der Waals surface area contributed by atoms with Gasteiger partial charge in [-0.25, -0.2) is 16.8 Å². The van der Waals surface area contributed by atoms with Crippen LogP contribution in [0.15, 0.2) is 24.0 Å². The normalized spacial score (nSPS) is 31.1. The minimum Gasteiger partial charge on any atom is -0.224 e. The SMILES string of the molecule is C=CS(=O)(=O)CC1O[P+](O)(OC)OC1CS(=O)(=O)C=C. The highest BCUT2D eigenvalue weighted by Crippen LogP contribution is 2.64. The molecule has 1 aliphatic heterocycles. The molecule has 0 saturated carbocycles. The Hall–Kier alpha value is -0.350. The van der Waals surface area contributed by atoms with E-state index in [-0.39, 0.29) is 0 Å². The summed E-state index contributed by atoms with van der Waals surface area (Å²) in [4.78, 5) is 9.78. The summed E-state index contributed by atoms with van der Waals surface area (Å²) >= 11 is 0. The lowest BCUT2D eigenvalue weighted by atomic mass is 10.3. The van der Waals surface area contributed by atoms with Gasteiger partial charge in [-0.1, -0.05) is 13.2 Å². The minimum atomic E-state index is -3.70. The Balaban J connectivity index is 2.99. The first-order chi connectivity index (χ1) is 9.06. The smallest absolute Gasteiger partial charge is 0.224 e. The minimum absolute atomic E-state index is 0.570. The van der Waals surface area contributed by atoms with E-state index in [1.807, 2.05) is 0 Å². The molecule has 0 bridgehead atoms. The van der Waals surface area contributed by atoms with Crippen LogP contribution in [0.2, 0.25) is 0 Å². The van der Waals surface area contributed by atoms with Crippen molar-refractivity contribution >= 4 is 27.8 Å². The van der Waals surface area contributed by atoms with Crippen molar-refractivity contribution in [2.75, 3.05) is 18.6 Å². The molecular formula is C9H16O8PS2+. The zero-order valence-electron chi connectivity index (χ0n) is 10.7. The van der Waals surface area contributed by atoms with E-state index in [0.717, 1.165) is 17.9 Å². The van der Waals surface area contributed by atoms with Crippen molar-refractivity contribution < 1.29 is 35.3 Å². The fourth-order valence-electron chi connectivity index (χ4n) is 1.46. The van der Waals surface area contributed by atoms with Gasteiger partial charge in [0, 0.05) is 10.8 Å². The number of rotatable bonds is 7. The predicted molar refractivity (Wildman–Crippen MR) is 73.9 cm³/mol. The van der Waals surface area contributed by atoms with Crippen LogP contribution < -0.4 is 0 Å². The van der Waals surface area contributed by atoms with E-state index < -0.39 is 51.6 Å². The van der Waals surface area contributed by atoms with Crippen molar-refractivity contribution in [3.63, 3.8) is 0 Å². The Morgan fingerprint density at radius 3 is 1.70 bits per heavy atom. The first kappa shape index (κ1) is 17.7. The van der Waals surface area contributed by atoms with E-state index in [4.69, 9.17) is 9.05 Å². The monoisotopic (exact) mass is 347 g/mol. The van der Waals surface area contributed by atoms with Gasteiger partial charge < -0.3 is 0 Å². The Kier molecular flexibility index (Phi) is 5.47. The highest BCUT2D eigenvalue weighted by molar-refractivity contribution is 7.94. The summed E-state index contributed by atoms with van der Waals surface area (Å²) in [5.74, 6) is -1.14. The number of sulfone groups is 2. The van der Waals surface area contributed by atoms with Crippen LogP contribution >= 0.6 is 8.17 Å². The van der Waals surface area contributed by atoms with Crippen LogP contribution in [-0.4, -0.2) is 52.6 Å². The second kappa shape index (κ2) is 6.18. The third-order valence-electron chi connectivity index (χ3n) is 2.48. The van der Waals surface area contributed by atoms with Gasteiger partial charge >= 0.3 is 8.17 Å². The fraction of sp³-hybridized carbons (Fsp3) is 0.556. The quantitative estimate of drug-likeness (QED) is 0.649. The van der Waals surface area contributed by atoms with Crippen LogP contribution in [-0.2, 0) is 33.2 Å². The van der Waals surface area contributed by atoms with Gasteiger partial charge in [-0.2, -0.15) is 9.42 Å². The Morgan fingerprint density at radius 1 is 1.10 bits per heavy atom. The van der Waals surface area contributed by atoms with Crippen LogP contribution in [0.4, 0.5) is 0 Å². The third-order valence-corrected chi connectivity index (χ3v) is 6.62. The molecule has 8 nitrogen and oxygen atoms in total. The summed E-state index contributed by atoms with van der Waals surface area (Å²) in [5.41, 5.74) is 0. The molecule has 11 heteroatoms. The molecule has 0 aromatic rings. The maximum atomic E-state index is 11.5. The van der Waals surface area contributed by atoms with Gasteiger partial charge in [0.25, 0.3) is 0 Å². The van der Waals surface area contributed by atoms with Crippen molar-refractivity contribution in [2.45, 2.75) is 12.2 Å². The molecule has 0 radical (unpaired) electrons. The van der Waals surface area contributed by atoms with Crippen LogP contribution in [0.25, 0.3) is 0 Å². The molecule has 0 amide bonds. The molecule has 2 unspecified atom stereocenters. The van der Waals surface area contributed by atoms with Gasteiger partial charge in [0.2, 0.25) is 0 Å². The van der Waals surface area contributed by atoms with Gasteiger partial charge in [-0.15, -0.1) is 9.05 Å². The van der Waals surface area contributed by atoms with Crippen LogP contribution in [0, 0.1) is 0 Å². The molecule has 20 heavy (non-hydrogen) atoms. The van der Waals surface area contributed by atoms with E-state index in [0.29, 0.717) is 0 Å². The molecule has 2 atom stereocenters. The summed E-state index contributed by atoms with van der Waals surface area (Å²) in [6.07, 6.45) is -2.35. The van der Waals surface area contributed by atoms with E-state index in [2.05, 4.69) is 17.7 Å². The average Bonchev–Trinajstić information content (AvgIpc) is 2.65. The van der Waals surface area contributed by atoms with Crippen molar-refractivity contribution in [3.05, 3.63) is 24.0 Å². The summed E-state index contributed by atoms with van der Waals surface area (Å²) in [6.45, 7) is 6.29. The van der Waals surface area contributed by atoms with Crippen LogP contribution in [0.5, 0.6) is 0 Å². The van der Waals surface area contributed by atoms with Crippen molar-refractivity contribution in [1.29, 1.82) is 0 Å². The highest BCUT2D eigenvalue weighted by atomic mass is 32.2. The van der Waals surface area contributed by atoms with E-state index >= 15 is 0 Å². The van der Waals surface area contributed by atoms with E-state index in [9.17, 15) is 21.7 Å². The lowest BCUT2D eigenvalue weighted by Crippen LogP contribution is -2.34. The third kappa shape index (κ3) is 4.59. The summed E-state index contributed by atoms with van der Waals surface area (Å²) in [7, 11) is -9.93. The molecule has 1 saturated heterocycles. The van der Waals surface area contributed by atoms with Gasteiger partial charge in [0.1, 0.15) is 0 Å². The van der Waals surface area contributed by atoms with Gasteiger partial charge in [-0.3, -0.25) is 0 Å².